The van der Waals surface area contributed by atoms with Crippen molar-refractivity contribution in [1.82, 2.24) is 5.32 Å². The summed E-state index contributed by atoms with van der Waals surface area (Å²) < 4.78 is 0. The third-order valence-corrected chi connectivity index (χ3v) is 4.86. The molecule has 23 heavy (non-hydrogen) atoms. The van der Waals surface area contributed by atoms with Crippen LogP contribution in [-0.4, -0.2) is 18.9 Å². The highest BCUT2D eigenvalue weighted by Gasteiger charge is 2.16. The molecule has 0 aliphatic heterocycles. The Morgan fingerprint density at radius 3 is 2.52 bits per heavy atom. The van der Waals surface area contributed by atoms with Gasteiger partial charge >= 0.3 is 0 Å². The zero-order chi connectivity index (χ0) is 16.8. The van der Waals surface area contributed by atoms with Crippen molar-refractivity contribution < 1.29 is 9.59 Å². The molecule has 1 aromatic carbocycles. The number of amides is 2. The fourth-order valence-electron chi connectivity index (χ4n) is 2.42. The molecular formula is C18H22N2O2S. The van der Waals surface area contributed by atoms with Crippen LogP contribution in [0.3, 0.4) is 0 Å². The third kappa shape index (κ3) is 3.99. The van der Waals surface area contributed by atoms with E-state index < -0.39 is 0 Å². The van der Waals surface area contributed by atoms with E-state index >= 15 is 0 Å². The smallest absolute Gasteiger partial charge is 0.265 e. The van der Waals surface area contributed by atoms with Gasteiger partial charge in [0.2, 0.25) is 0 Å². The van der Waals surface area contributed by atoms with Gasteiger partial charge in [0.15, 0.2) is 0 Å². The predicted molar refractivity (Wildman–Crippen MR) is 95.5 cm³/mol. The molecule has 0 saturated carbocycles. The van der Waals surface area contributed by atoms with E-state index in [1.165, 1.54) is 10.4 Å². The summed E-state index contributed by atoms with van der Waals surface area (Å²) in [5.74, 6) is -0.378. The number of anilines is 1. The van der Waals surface area contributed by atoms with Crippen LogP contribution in [0.15, 0.2) is 30.3 Å². The fourth-order valence-corrected chi connectivity index (χ4v) is 3.68. The van der Waals surface area contributed by atoms with E-state index in [1.807, 2.05) is 6.07 Å². The maximum Gasteiger partial charge on any atom is 0.265 e. The molecular weight excluding hydrogens is 308 g/mol. The highest BCUT2D eigenvalue weighted by Crippen LogP contribution is 2.26. The zero-order valence-corrected chi connectivity index (χ0v) is 14.5. The van der Waals surface area contributed by atoms with Crippen molar-refractivity contribution in [3.8, 4) is 0 Å². The number of thiophene rings is 1. The number of carbonyl (C=O) groups is 2. The van der Waals surface area contributed by atoms with Gasteiger partial charge in [-0.2, -0.15) is 0 Å². The van der Waals surface area contributed by atoms with E-state index in [0.29, 0.717) is 16.1 Å². The fraction of sp³-hybridized carbons (Fsp3) is 0.333. The normalized spacial score (nSPS) is 10.4. The van der Waals surface area contributed by atoms with Gasteiger partial charge < -0.3 is 10.6 Å². The Bertz CT molecular complexity index is 707. The van der Waals surface area contributed by atoms with Gasteiger partial charge in [0.05, 0.1) is 16.1 Å². The van der Waals surface area contributed by atoms with Crippen LogP contribution < -0.4 is 10.6 Å². The summed E-state index contributed by atoms with van der Waals surface area (Å²) in [4.78, 5) is 26.4. The summed E-state index contributed by atoms with van der Waals surface area (Å²) in [5, 5.41) is 5.45. The Hall–Kier alpha value is -2.14. The van der Waals surface area contributed by atoms with Gasteiger partial charge in [-0.1, -0.05) is 32.4 Å². The number of aryl methyl sites for hydroxylation is 2. The number of rotatable bonds is 6. The van der Waals surface area contributed by atoms with E-state index in [2.05, 4.69) is 24.5 Å². The monoisotopic (exact) mass is 330 g/mol. The summed E-state index contributed by atoms with van der Waals surface area (Å²) in [6, 6.07) is 8.98. The van der Waals surface area contributed by atoms with Crippen LogP contribution in [0.25, 0.3) is 0 Å². The first kappa shape index (κ1) is 17.2. The minimum absolute atomic E-state index is 0.164. The Balaban J connectivity index is 2.24. The van der Waals surface area contributed by atoms with E-state index in [-0.39, 0.29) is 11.8 Å². The van der Waals surface area contributed by atoms with Crippen molar-refractivity contribution in [2.24, 2.45) is 0 Å². The van der Waals surface area contributed by atoms with E-state index in [4.69, 9.17) is 0 Å². The summed E-state index contributed by atoms with van der Waals surface area (Å²) in [5.41, 5.74) is 2.23. The first-order valence-corrected chi connectivity index (χ1v) is 8.66. The molecule has 0 spiro atoms. The number of benzene rings is 1. The highest BCUT2D eigenvalue weighted by atomic mass is 32.1. The second-order valence-electron chi connectivity index (χ2n) is 5.24. The van der Waals surface area contributed by atoms with Crippen molar-refractivity contribution in [2.45, 2.75) is 33.1 Å². The molecule has 2 aromatic rings. The van der Waals surface area contributed by atoms with Gasteiger partial charge in [-0.25, -0.2) is 0 Å². The molecule has 0 aliphatic carbocycles. The van der Waals surface area contributed by atoms with Crippen molar-refractivity contribution in [1.29, 1.82) is 0 Å². The average molecular weight is 330 g/mol. The summed E-state index contributed by atoms with van der Waals surface area (Å²) in [6.07, 6.45) is 2.98. The predicted octanol–water partition coefficient (Wildman–Crippen LogP) is 3.87. The Morgan fingerprint density at radius 1 is 1.13 bits per heavy atom. The van der Waals surface area contributed by atoms with Gasteiger partial charge in [-0.15, -0.1) is 11.3 Å². The minimum Gasteiger partial charge on any atom is -0.355 e. The molecule has 4 nitrogen and oxygen atoms in total. The van der Waals surface area contributed by atoms with E-state index in [0.717, 1.165) is 19.3 Å². The van der Waals surface area contributed by atoms with Crippen molar-refractivity contribution in [3.63, 3.8) is 0 Å². The Morgan fingerprint density at radius 2 is 1.87 bits per heavy atom. The van der Waals surface area contributed by atoms with Crippen LogP contribution in [0.2, 0.25) is 0 Å². The molecule has 0 bridgehead atoms. The first-order valence-electron chi connectivity index (χ1n) is 7.84. The lowest BCUT2D eigenvalue weighted by atomic mass is 10.1. The second-order valence-corrected chi connectivity index (χ2v) is 6.38. The Labute approximate surface area is 140 Å². The van der Waals surface area contributed by atoms with Gasteiger partial charge in [0.1, 0.15) is 0 Å². The van der Waals surface area contributed by atoms with Crippen molar-refractivity contribution in [2.75, 3.05) is 12.4 Å². The molecule has 0 atom stereocenters. The van der Waals surface area contributed by atoms with Crippen molar-refractivity contribution in [3.05, 3.63) is 51.2 Å². The maximum absolute atomic E-state index is 12.5. The van der Waals surface area contributed by atoms with Gasteiger partial charge in [-0.05, 0) is 36.6 Å². The SMILES string of the molecule is CCCc1sc(C(=O)Nc2ccccc2C(=O)NC)cc1CC. The van der Waals surface area contributed by atoms with Crippen LogP contribution in [0, 0.1) is 0 Å². The molecule has 1 heterocycles. The van der Waals surface area contributed by atoms with Crippen LogP contribution >= 0.6 is 11.3 Å². The average Bonchev–Trinajstić information content (AvgIpc) is 2.98. The van der Waals surface area contributed by atoms with Gasteiger partial charge in [-0.3, -0.25) is 9.59 Å². The third-order valence-electron chi connectivity index (χ3n) is 3.63. The number of para-hydroxylation sites is 1. The molecule has 2 rings (SSSR count). The quantitative estimate of drug-likeness (QED) is 0.844. The summed E-state index contributed by atoms with van der Waals surface area (Å²) in [7, 11) is 1.57. The molecule has 2 amide bonds. The second kappa shape index (κ2) is 7.92. The standard InChI is InChI=1S/C18H22N2O2S/c1-4-8-15-12(5-2)11-16(23-15)18(22)20-14-10-7-6-9-13(14)17(21)19-3/h6-7,9-11H,4-5,8H2,1-3H3,(H,19,21)(H,20,22). The van der Waals surface area contributed by atoms with E-state index in [9.17, 15) is 9.59 Å². The number of hydrogen-bond acceptors (Lipinski definition) is 3. The molecule has 5 heteroatoms. The lowest BCUT2D eigenvalue weighted by Gasteiger charge is -2.09. The van der Waals surface area contributed by atoms with Crippen LogP contribution in [-0.2, 0) is 12.8 Å². The molecule has 0 radical (unpaired) electrons. The maximum atomic E-state index is 12.5. The van der Waals surface area contributed by atoms with Gasteiger partial charge in [0.25, 0.3) is 11.8 Å². The minimum atomic E-state index is -0.215. The summed E-state index contributed by atoms with van der Waals surface area (Å²) in [6.45, 7) is 4.24. The largest absolute Gasteiger partial charge is 0.355 e. The number of nitrogens with one attached hydrogen (secondary N) is 2. The molecule has 0 fully saturated rings. The Kier molecular flexibility index (Phi) is 5.93. The lowest BCUT2D eigenvalue weighted by molar-refractivity contribution is 0.0964. The molecule has 2 N–H and O–H groups in total. The summed E-state index contributed by atoms with van der Waals surface area (Å²) >= 11 is 1.54. The molecule has 0 unspecified atom stereocenters. The first-order chi connectivity index (χ1) is 11.1. The van der Waals surface area contributed by atoms with E-state index in [1.54, 1.807) is 42.6 Å². The van der Waals surface area contributed by atoms with Crippen LogP contribution in [0.1, 0.15) is 50.7 Å². The highest BCUT2D eigenvalue weighted by molar-refractivity contribution is 7.14. The molecule has 122 valence electrons. The molecule has 0 aliphatic rings. The van der Waals surface area contributed by atoms with Crippen molar-refractivity contribution >= 4 is 28.8 Å². The number of carbonyl (C=O) groups excluding carboxylic acids is 2. The lowest BCUT2D eigenvalue weighted by Crippen LogP contribution is -2.21. The van der Waals surface area contributed by atoms with Crippen LogP contribution in [0.5, 0.6) is 0 Å². The van der Waals surface area contributed by atoms with Crippen LogP contribution in [0.4, 0.5) is 5.69 Å². The molecule has 0 saturated heterocycles. The zero-order valence-electron chi connectivity index (χ0n) is 13.7. The molecule has 1 aromatic heterocycles. The van der Waals surface area contributed by atoms with Gasteiger partial charge in [0, 0.05) is 11.9 Å². The topological polar surface area (TPSA) is 58.2 Å². The number of hydrogen-bond donors (Lipinski definition) is 2.